The van der Waals surface area contributed by atoms with Crippen LogP contribution in [0.1, 0.15) is 17.2 Å². The Morgan fingerprint density at radius 3 is 2.65 bits per heavy atom. The minimum absolute atomic E-state index is 0.574. The SMILES string of the molecule is CN(C)c1cccc(C(O)c2cscc2Br)c1. The largest absolute Gasteiger partial charge is 0.384 e. The number of thiophene rings is 1. The summed E-state index contributed by atoms with van der Waals surface area (Å²) in [5, 5.41) is 14.3. The van der Waals surface area contributed by atoms with E-state index < -0.39 is 6.10 Å². The minimum Gasteiger partial charge on any atom is -0.384 e. The van der Waals surface area contributed by atoms with Gasteiger partial charge in [-0.15, -0.1) is 0 Å². The van der Waals surface area contributed by atoms with Gasteiger partial charge in [0.15, 0.2) is 0 Å². The highest BCUT2D eigenvalue weighted by Gasteiger charge is 2.14. The van der Waals surface area contributed by atoms with Gasteiger partial charge in [-0.05, 0) is 39.0 Å². The number of aliphatic hydroxyl groups is 1. The van der Waals surface area contributed by atoms with E-state index >= 15 is 0 Å². The Balaban J connectivity index is 2.34. The van der Waals surface area contributed by atoms with Gasteiger partial charge in [-0.2, -0.15) is 11.3 Å². The molecule has 1 heterocycles. The van der Waals surface area contributed by atoms with E-state index in [1.54, 1.807) is 11.3 Å². The van der Waals surface area contributed by atoms with Crippen molar-refractivity contribution in [1.29, 1.82) is 0 Å². The lowest BCUT2D eigenvalue weighted by Gasteiger charge is -2.16. The average molecular weight is 312 g/mol. The van der Waals surface area contributed by atoms with Gasteiger partial charge < -0.3 is 10.0 Å². The van der Waals surface area contributed by atoms with Crippen molar-refractivity contribution >= 4 is 33.0 Å². The number of nitrogens with zero attached hydrogens (tertiary/aromatic N) is 1. The molecular formula is C13H14BrNOS. The molecule has 0 amide bonds. The average Bonchev–Trinajstić information content (AvgIpc) is 2.74. The van der Waals surface area contributed by atoms with Crippen molar-refractivity contribution in [2.75, 3.05) is 19.0 Å². The molecule has 0 spiro atoms. The van der Waals surface area contributed by atoms with Gasteiger partial charge >= 0.3 is 0 Å². The molecule has 0 saturated carbocycles. The van der Waals surface area contributed by atoms with Gasteiger partial charge in [0.25, 0.3) is 0 Å². The summed E-state index contributed by atoms with van der Waals surface area (Å²) in [7, 11) is 3.98. The lowest BCUT2D eigenvalue weighted by Crippen LogP contribution is -2.09. The number of halogens is 1. The van der Waals surface area contributed by atoms with E-state index in [0.717, 1.165) is 21.3 Å². The van der Waals surface area contributed by atoms with E-state index in [2.05, 4.69) is 15.9 Å². The van der Waals surface area contributed by atoms with Crippen LogP contribution in [0.25, 0.3) is 0 Å². The van der Waals surface area contributed by atoms with Gasteiger partial charge in [-0.25, -0.2) is 0 Å². The highest BCUT2D eigenvalue weighted by atomic mass is 79.9. The molecule has 0 aliphatic carbocycles. The van der Waals surface area contributed by atoms with Crippen molar-refractivity contribution in [2.24, 2.45) is 0 Å². The Labute approximate surface area is 114 Å². The van der Waals surface area contributed by atoms with Gasteiger partial charge in [0.1, 0.15) is 6.10 Å². The normalized spacial score (nSPS) is 12.5. The Morgan fingerprint density at radius 2 is 2.06 bits per heavy atom. The smallest absolute Gasteiger partial charge is 0.106 e. The van der Waals surface area contributed by atoms with Crippen LogP contribution in [0.2, 0.25) is 0 Å². The number of anilines is 1. The van der Waals surface area contributed by atoms with E-state index in [0.29, 0.717) is 0 Å². The summed E-state index contributed by atoms with van der Waals surface area (Å²) in [4.78, 5) is 2.03. The van der Waals surface area contributed by atoms with Gasteiger partial charge in [-0.3, -0.25) is 0 Å². The second-order valence-corrected chi connectivity index (χ2v) is 5.66. The maximum atomic E-state index is 10.3. The molecule has 0 saturated heterocycles. The molecule has 0 bridgehead atoms. The highest BCUT2D eigenvalue weighted by molar-refractivity contribution is 9.10. The van der Waals surface area contributed by atoms with Crippen molar-refractivity contribution < 1.29 is 5.11 Å². The molecule has 0 fully saturated rings. The lowest BCUT2D eigenvalue weighted by molar-refractivity contribution is 0.220. The standard InChI is InChI=1S/C13H14BrNOS/c1-15(2)10-5-3-4-9(6-10)13(16)11-7-17-8-12(11)14/h3-8,13,16H,1-2H3. The zero-order chi connectivity index (χ0) is 12.4. The van der Waals surface area contributed by atoms with E-state index in [1.165, 1.54) is 0 Å². The molecule has 2 nitrogen and oxygen atoms in total. The van der Waals surface area contributed by atoms with Crippen LogP contribution in [0.4, 0.5) is 5.69 Å². The highest BCUT2D eigenvalue weighted by Crippen LogP contribution is 2.32. The fourth-order valence-electron chi connectivity index (χ4n) is 1.64. The van der Waals surface area contributed by atoms with Gasteiger partial charge in [0.05, 0.1) is 0 Å². The zero-order valence-electron chi connectivity index (χ0n) is 9.72. The molecule has 0 aliphatic heterocycles. The van der Waals surface area contributed by atoms with Crippen molar-refractivity contribution in [1.82, 2.24) is 0 Å². The monoisotopic (exact) mass is 311 g/mol. The second-order valence-electron chi connectivity index (χ2n) is 4.07. The molecule has 2 rings (SSSR count). The molecule has 4 heteroatoms. The number of hydrogen-bond donors (Lipinski definition) is 1. The first-order valence-electron chi connectivity index (χ1n) is 5.26. The van der Waals surface area contributed by atoms with Crippen molar-refractivity contribution in [2.45, 2.75) is 6.10 Å². The van der Waals surface area contributed by atoms with Gasteiger partial charge in [0, 0.05) is 35.2 Å². The van der Waals surface area contributed by atoms with Crippen molar-refractivity contribution in [3.8, 4) is 0 Å². The summed E-state index contributed by atoms with van der Waals surface area (Å²) in [6, 6.07) is 7.95. The van der Waals surface area contributed by atoms with Crippen LogP contribution in [0.3, 0.4) is 0 Å². The first-order chi connectivity index (χ1) is 8.09. The van der Waals surface area contributed by atoms with Crippen LogP contribution in [0.15, 0.2) is 39.5 Å². The molecule has 1 unspecified atom stereocenters. The molecule has 2 aromatic rings. The molecule has 1 atom stereocenters. The second kappa shape index (κ2) is 5.21. The summed E-state index contributed by atoms with van der Waals surface area (Å²) in [6.07, 6.45) is -0.574. The zero-order valence-corrected chi connectivity index (χ0v) is 12.1. The van der Waals surface area contributed by atoms with Crippen LogP contribution < -0.4 is 4.90 Å². The minimum atomic E-state index is -0.574. The third-order valence-electron chi connectivity index (χ3n) is 2.64. The van der Waals surface area contributed by atoms with Gasteiger partial charge in [0.2, 0.25) is 0 Å². The van der Waals surface area contributed by atoms with E-state index in [1.807, 2.05) is 54.0 Å². The number of benzene rings is 1. The first kappa shape index (κ1) is 12.6. The summed E-state index contributed by atoms with van der Waals surface area (Å²) in [6.45, 7) is 0. The summed E-state index contributed by atoms with van der Waals surface area (Å²) in [5.41, 5.74) is 2.93. The first-order valence-corrected chi connectivity index (χ1v) is 7.00. The Hall–Kier alpha value is -0.840. The Morgan fingerprint density at radius 1 is 1.29 bits per heavy atom. The maximum absolute atomic E-state index is 10.3. The molecule has 1 aromatic carbocycles. The summed E-state index contributed by atoms with van der Waals surface area (Å²) < 4.78 is 0.963. The third-order valence-corrected chi connectivity index (χ3v) is 4.39. The van der Waals surface area contributed by atoms with Crippen LogP contribution in [0, 0.1) is 0 Å². The summed E-state index contributed by atoms with van der Waals surface area (Å²) >= 11 is 5.03. The predicted octanol–water partition coefficient (Wildman–Crippen LogP) is 3.66. The fourth-order valence-corrected chi connectivity index (χ4v) is 3.17. The van der Waals surface area contributed by atoms with Crippen LogP contribution in [0.5, 0.6) is 0 Å². The Kier molecular flexibility index (Phi) is 3.86. The van der Waals surface area contributed by atoms with Gasteiger partial charge in [-0.1, -0.05) is 12.1 Å². The molecule has 0 aliphatic rings. The molecule has 0 radical (unpaired) electrons. The van der Waals surface area contributed by atoms with Crippen LogP contribution in [-0.4, -0.2) is 19.2 Å². The van der Waals surface area contributed by atoms with E-state index in [9.17, 15) is 5.11 Å². The van der Waals surface area contributed by atoms with Crippen molar-refractivity contribution in [3.63, 3.8) is 0 Å². The molecule has 1 N–H and O–H groups in total. The maximum Gasteiger partial charge on any atom is 0.106 e. The van der Waals surface area contributed by atoms with E-state index in [4.69, 9.17) is 0 Å². The third kappa shape index (κ3) is 2.70. The van der Waals surface area contributed by atoms with Crippen molar-refractivity contribution in [3.05, 3.63) is 50.6 Å². The lowest BCUT2D eigenvalue weighted by atomic mass is 10.0. The number of rotatable bonds is 3. The quantitative estimate of drug-likeness (QED) is 0.935. The number of hydrogen-bond acceptors (Lipinski definition) is 3. The molecular weight excluding hydrogens is 298 g/mol. The predicted molar refractivity (Wildman–Crippen MR) is 76.8 cm³/mol. The molecule has 17 heavy (non-hydrogen) atoms. The van der Waals surface area contributed by atoms with E-state index in [-0.39, 0.29) is 0 Å². The Bertz CT molecular complexity index is 510. The van der Waals surface area contributed by atoms with Crippen LogP contribution in [-0.2, 0) is 0 Å². The number of aliphatic hydroxyl groups excluding tert-OH is 1. The topological polar surface area (TPSA) is 23.5 Å². The summed E-state index contributed by atoms with van der Waals surface area (Å²) in [5.74, 6) is 0. The molecule has 90 valence electrons. The molecule has 1 aromatic heterocycles. The van der Waals surface area contributed by atoms with Crippen LogP contribution >= 0.6 is 27.3 Å². The fraction of sp³-hybridized carbons (Fsp3) is 0.231.